The molecule has 2 atom stereocenters. The quantitative estimate of drug-likeness (QED) is 0.0999. The maximum atomic E-state index is 15.4. The Bertz CT molecular complexity index is 1950. The Hall–Kier alpha value is -4.97. The van der Waals surface area contributed by atoms with E-state index in [-0.39, 0.29) is 75.3 Å². The van der Waals surface area contributed by atoms with Crippen LogP contribution in [0.15, 0.2) is 24.4 Å². The molecule has 2 aliphatic heterocycles. The van der Waals surface area contributed by atoms with Crippen molar-refractivity contribution in [1.29, 1.82) is 5.26 Å². The van der Waals surface area contributed by atoms with Crippen molar-refractivity contribution in [2.45, 2.75) is 78.2 Å². The number of hydrogen-bond donors (Lipinski definition) is 1. The first-order valence-corrected chi connectivity index (χ1v) is 19.1. The number of nitrogens with one attached hydrogen (secondary N) is 1. The van der Waals surface area contributed by atoms with E-state index in [2.05, 4.69) is 10.3 Å². The van der Waals surface area contributed by atoms with Gasteiger partial charge in [-0.1, -0.05) is 20.8 Å². The zero-order chi connectivity index (χ0) is 43.9. The van der Waals surface area contributed by atoms with Crippen molar-refractivity contribution in [3.8, 4) is 11.9 Å². The second kappa shape index (κ2) is 19.4. The number of methoxy groups -OCH3 is 1. The van der Waals surface area contributed by atoms with Crippen molar-refractivity contribution in [2.75, 3.05) is 69.7 Å². The fourth-order valence-corrected chi connectivity index (χ4v) is 7.08. The normalized spacial score (nSPS) is 17.3. The van der Waals surface area contributed by atoms with Crippen LogP contribution in [0.1, 0.15) is 75.9 Å². The Labute approximate surface area is 344 Å². The molecule has 2 unspecified atom stereocenters. The van der Waals surface area contributed by atoms with Gasteiger partial charge in [-0.25, -0.2) is 14.2 Å². The van der Waals surface area contributed by atoms with Crippen LogP contribution in [0.2, 0.25) is 0 Å². The molecular weight excluding hydrogens is 805 g/mol. The zero-order valence-electron chi connectivity index (χ0n) is 33.9. The van der Waals surface area contributed by atoms with E-state index in [0.29, 0.717) is 11.4 Å². The number of amides is 3. The molecule has 15 nitrogen and oxygen atoms in total. The van der Waals surface area contributed by atoms with E-state index in [0.717, 1.165) is 32.1 Å². The number of likely N-dealkylation sites (tertiary alicyclic amines) is 1. The van der Waals surface area contributed by atoms with Gasteiger partial charge in [0.1, 0.15) is 35.9 Å². The molecule has 1 N–H and O–H groups in total. The van der Waals surface area contributed by atoms with E-state index in [4.69, 9.17) is 41.2 Å². The summed E-state index contributed by atoms with van der Waals surface area (Å²) in [5, 5.41) is 11.6. The number of benzene rings is 1. The Morgan fingerprint density at radius 2 is 1.69 bits per heavy atom. The molecule has 1 aromatic heterocycles. The van der Waals surface area contributed by atoms with Crippen LogP contribution < -0.4 is 19.9 Å². The highest BCUT2D eigenvalue weighted by molar-refractivity contribution is 7.81. The molecule has 3 amide bonds. The highest BCUT2D eigenvalue weighted by atomic mass is 32.1. The van der Waals surface area contributed by atoms with Gasteiger partial charge in [0.25, 0.3) is 5.91 Å². The van der Waals surface area contributed by atoms with Gasteiger partial charge < -0.3 is 38.8 Å². The van der Waals surface area contributed by atoms with Crippen molar-refractivity contribution in [1.82, 2.24) is 15.2 Å². The van der Waals surface area contributed by atoms with Gasteiger partial charge in [0.15, 0.2) is 10.9 Å². The molecule has 0 radical (unpaired) electrons. The summed E-state index contributed by atoms with van der Waals surface area (Å²) in [5.74, 6) is -4.28. The summed E-state index contributed by atoms with van der Waals surface area (Å²) in [6.45, 7) is 11.6. The minimum absolute atomic E-state index is 0.0445. The molecule has 59 heavy (non-hydrogen) atoms. The van der Waals surface area contributed by atoms with Crippen LogP contribution in [-0.4, -0.2) is 116 Å². The number of ether oxygens (including phenoxy) is 5. The topological polar surface area (TPSA) is 173 Å². The number of esters is 1. The Kier molecular flexibility index (Phi) is 15.4. The lowest BCUT2D eigenvalue weighted by molar-refractivity contribution is -0.141. The van der Waals surface area contributed by atoms with E-state index in [1.807, 2.05) is 32.6 Å². The number of hydrogen-bond acceptors (Lipinski definition) is 12. The maximum Gasteiger partial charge on any atom is 0.420 e. The predicted molar refractivity (Wildman–Crippen MR) is 208 cm³/mol. The average molecular weight is 853 g/mol. The third-order valence-electron chi connectivity index (χ3n) is 9.63. The van der Waals surface area contributed by atoms with Crippen molar-refractivity contribution in [2.24, 2.45) is 5.41 Å². The van der Waals surface area contributed by atoms with Crippen molar-refractivity contribution in [3.63, 3.8) is 0 Å². The number of alkyl halides is 3. The van der Waals surface area contributed by atoms with Crippen LogP contribution in [0.4, 0.5) is 28.9 Å². The summed E-state index contributed by atoms with van der Waals surface area (Å²) in [4.78, 5) is 59.9. The minimum Gasteiger partial charge on any atom is -0.475 e. The number of pyridine rings is 1. The van der Waals surface area contributed by atoms with Crippen molar-refractivity contribution in [3.05, 3.63) is 46.9 Å². The summed E-state index contributed by atoms with van der Waals surface area (Å²) in [5.41, 5.74) is -5.85. The Balaban J connectivity index is 1.26. The lowest BCUT2D eigenvalue weighted by atomic mass is 9.85. The SMILES string of the molecule is COC(=O)c1cc(N2C(=S)N(c3ccc(C#N)c(C(F)(F)F)c3F)C(=O)C2(C)C)cnc1OCCOCCOCCOCC(=O)NC(C(=O)N1CCCC1C)C(C)(C)C. The Morgan fingerprint density at radius 3 is 2.25 bits per heavy atom. The van der Waals surface area contributed by atoms with Crippen LogP contribution >= 0.6 is 12.2 Å². The third kappa shape index (κ3) is 10.8. The molecule has 0 saturated carbocycles. The van der Waals surface area contributed by atoms with Gasteiger partial charge in [-0.15, -0.1) is 0 Å². The van der Waals surface area contributed by atoms with E-state index in [1.54, 1.807) is 0 Å². The van der Waals surface area contributed by atoms with Crippen LogP contribution in [0, 0.1) is 22.6 Å². The number of thiocarbonyl (C=S) groups is 1. The van der Waals surface area contributed by atoms with Gasteiger partial charge in [-0.05, 0) is 69.4 Å². The largest absolute Gasteiger partial charge is 0.475 e. The van der Waals surface area contributed by atoms with Gasteiger partial charge in [-0.2, -0.15) is 18.4 Å². The molecular formula is C39H48F4N6O9S. The number of carbonyl (C=O) groups is 4. The van der Waals surface area contributed by atoms with Crippen LogP contribution in [-0.2, 0) is 39.5 Å². The molecule has 2 saturated heterocycles. The molecule has 2 fully saturated rings. The Morgan fingerprint density at radius 1 is 1.07 bits per heavy atom. The maximum absolute atomic E-state index is 15.4. The highest BCUT2D eigenvalue weighted by Crippen LogP contribution is 2.42. The number of nitriles is 1. The molecule has 20 heteroatoms. The predicted octanol–water partition coefficient (Wildman–Crippen LogP) is 4.78. The fraction of sp³-hybridized carbons (Fsp3) is 0.564. The first-order chi connectivity index (χ1) is 27.7. The number of anilines is 2. The number of carbonyl (C=O) groups excluding carboxylic acids is 4. The molecule has 0 bridgehead atoms. The van der Waals surface area contributed by atoms with E-state index in [9.17, 15) is 32.3 Å². The van der Waals surface area contributed by atoms with Crippen LogP contribution in [0.3, 0.4) is 0 Å². The summed E-state index contributed by atoms with van der Waals surface area (Å²) >= 11 is 5.47. The average Bonchev–Trinajstić information content (AvgIpc) is 3.67. The zero-order valence-corrected chi connectivity index (χ0v) is 34.7. The molecule has 1 aromatic carbocycles. The third-order valence-corrected chi connectivity index (χ3v) is 10.00. The summed E-state index contributed by atoms with van der Waals surface area (Å²) in [7, 11) is 1.12. The minimum atomic E-state index is -5.25. The van der Waals surface area contributed by atoms with Crippen molar-refractivity contribution < 1.29 is 60.4 Å². The summed E-state index contributed by atoms with van der Waals surface area (Å²) < 4.78 is 83.6. The molecule has 322 valence electrons. The molecule has 3 heterocycles. The van der Waals surface area contributed by atoms with Gasteiger partial charge in [0, 0.05) is 12.6 Å². The lowest BCUT2D eigenvalue weighted by Crippen LogP contribution is -2.56. The summed E-state index contributed by atoms with van der Waals surface area (Å²) in [6.07, 6.45) is -2.16. The smallest absolute Gasteiger partial charge is 0.420 e. The second-order valence-electron chi connectivity index (χ2n) is 15.3. The summed E-state index contributed by atoms with van der Waals surface area (Å²) in [6, 6.07) is 3.62. The molecule has 0 spiro atoms. The number of aromatic nitrogens is 1. The van der Waals surface area contributed by atoms with Gasteiger partial charge >= 0.3 is 12.1 Å². The molecule has 0 aliphatic carbocycles. The second-order valence-corrected chi connectivity index (χ2v) is 15.7. The molecule has 2 aliphatic rings. The van der Waals surface area contributed by atoms with Gasteiger partial charge in [0.2, 0.25) is 17.7 Å². The monoisotopic (exact) mass is 852 g/mol. The lowest BCUT2D eigenvalue weighted by Gasteiger charge is -2.35. The number of nitrogens with zero attached hydrogens (tertiary/aromatic N) is 5. The van der Waals surface area contributed by atoms with E-state index >= 15 is 4.39 Å². The number of halogens is 4. The first kappa shape index (κ1) is 46.7. The fourth-order valence-electron chi connectivity index (χ4n) is 6.56. The van der Waals surface area contributed by atoms with Crippen LogP contribution in [0.5, 0.6) is 5.88 Å². The standard InChI is InChI=1S/C39H48F4N6O9S/c1-23-9-8-12-47(23)33(51)31(37(2,3)4)46-28(50)22-57-16-15-55-13-14-56-17-18-58-32-26(34(52)54-7)19-25(21-45-32)49-36(59)48(35(53)38(49,5)6)27-11-10-24(20-44)29(30(27)40)39(41,42)43/h10-11,19,21,23,31H,8-9,12-18,22H2,1-7H3,(H,46,50). The molecule has 4 rings (SSSR count). The van der Waals surface area contributed by atoms with Crippen molar-refractivity contribution >= 4 is 52.4 Å². The van der Waals surface area contributed by atoms with Crippen LogP contribution in [0.25, 0.3) is 0 Å². The van der Waals surface area contributed by atoms with Gasteiger partial charge in [0.05, 0.1) is 69.3 Å². The molecule has 2 aromatic rings. The van der Waals surface area contributed by atoms with E-state index in [1.165, 1.54) is 37.1 Å². The first-order valence-electron chi connectivity index (χ1n) is 18.7. The highest BCUT2D eigenvalue weighted by Gasteiger charge is 2.52. The van der Waals surface area contributed by atoms with Gasteiger partial charge in [-0.3, -0.25) is 19.3 Å². The number of rotatable bonds is 17. The van der Waals surface area contributed by atoms with E-state index < -0.39 is 68.7 Å².